The van der Waals surface area contributed by atoms with Crippen molar-refractivity contribution in [2.45, 2.75) is 38.5 Å². The smallest absolute Gasteiger partial charge is 0.309 e. The summed E-state index contributed by atoms with van der Waals surface area (Å²) in [7, 11) is -3.68. The maximum absolute atomic E-state index is 13.7. The second-order valence-corrected chi connectivity index (χ2v) is 11.4. The van der Waals surface area contributed by atoms with Crippen LogP contribution in [0.3, 0.4) is 0 Å². The Morgan fingerprint density at radius 3 is 2.57 bits per heavy atom. The summed E-state index contributed by atoms with van der Waals surface area (Å²) in [5.74, 6) is -2.48. The third-order valence-corrected chi connectivity index (χ3v) is 7.29. The van der Waals surface area contributed by atoms with Gasteiger partial charge in [-0.3, -0.25) is 4.79 Å². The van der Waals surface area contributed by atoms with Crippen molar-refractivity contribution in [1.82, 2.24) is 15.6 Å². The Morgan fingerprint density at radius 2 is 1.89 bits per heavy atom. The number of benzene rings is 2. The minimum absolute atomic E-state index is 0.0646. The molecule has 0 aliphatic carbocycles. The van der Waals surface area contributed by atoms with Crippen LogP contribution in [0.5, 0.6) is 0 Å². The molecule has 1 amide bonds. The molecule has 0 spiro atoms. The fourth-order valence-corrected chi connectivity index (χ4v) is 5.15. The van der Waals surface area contributed by atoms with E-state index in [4.69, 9.17) is 4.42 Å². The highest BCUT2D eigenvalue weighted by Gasteiger charge is 2.25. The van der Waals surface area contributed by atoms with E-state index in [0.717, 1.165) is 33.6 Å². The van der Waals surface area contributed by atoms with E-state index in [1.54, 1.807) is 6.92 Å². The Morgan fingerprint density at radius 1 is 1.16 bits per heavy atom. The summed E-state index contributed by atoms with van der Waals surface area (Å²) in [5, 5.41) is 16.6. The molecule has 0 aliphatic heterocycles. The molecule has 0 aliphatic rings. The number of halogens is 3. The van der Waals surface area contributed by atoms with Gasteiger partial charge in [-0.1, -0.05) is 19.1 Å². The molecule has 3 aromatic rings. The van der Waals surface area contributed by atoms with Crippen molar-refractivity contribution in [2.24, 2.45) is 0 Å². The topological polar surface area (TPSA) is 134 Å². The summed E-state index contributed by atoms with van der Waals surface area (Å²) in [6.07, 6.45) is 0.119. The summed E-state index contributed by atoms with van der Waals surface area (Å²) in [5.41, 5.74) is 0.990. The van der Waals surface area contributed by atoms with Crippen LogP contribution in [-0.4, -0.2) is 48.9 Å². The lowest BCUT2D eigenvalue weighted by Gasteiger charge is -2.24. The zero-order valence-electron chi connectivity index (χ0n) is 19.9. The van der Waals surface area contributed by atoms with Crippen LogP contribution < -0.4 is 15.4 Å². The predicted octanol–water partition coefficient (Wildman–Crippen LogP) is 3.20. The third kappa shape index (κ3) is 9.32. The third-order valence-electron chi connectivity index (χ3n) is 5.18. The number of hydrogen-bond acceptors (Lipinski definition) is 7. The van der Waals surface area contributed by atoms with Crippen LogP contribution in [-0.2, 0) is 23.0 Å². The first-order chi connectivity index (χ1) is 17.5. The Bertz CT molecular complexity index is 1300. The molecule has 4 N–H and O–H groups in total. The lowest BCUT2D eigenvalue weighted by atomic mass is 10.0. The quantitative estimate of drug-likeness (QED) is 0.209. The molecule has 0 saturated carbocycles. The van der Waals surface area contributed by atoms with Crippen LogP contribution in [0.2, 0.25) is 0 Å². The van der Waals surface area contributed by atoms with Crippen molar-refractivity contribution >= 4 is 44.5 Å². The normalized spacial score (nSPS) is 13.2. The number of aromatic nitrogens is 1. The van der Waals surface area contributed by atoms with E-state index in [9.17, 15) is 27.1 Å². The van der Waals surface area contributed by atoms with Crippen LogP contribution >= 0.6 is 22.6 Å². The maximum atomic E-state index is 13.7. The van der Waals surface area contributed by atoms with Gasteiger partial charge in [-0.2, -0.15) is 4.98 Å². The second kappa shape index (κ2) is 13.3. The number of rotatable bonds is 13. The van der Waals surface area contributed by atoms with E-state index in [2.05, 4.69) is 42.9 Å². The van der Waals surface area contributed by atoms with E-state index in [1.165, 1.54) is 0 Å². The molecule has 1 aromatic heterocycles. The van der Waals surface area contributed by atoms with E-state index in [0.29, 0.717) is 13.0 Å². The van der Waals surface area contributed by atoms with Crippen molar-refractivity contribution < 1.29 is 31.5 Å². The number of anilines is 1. The van der Waals surface area contributed by atoms with Crippen molar-refractivity contribution in [2.75, 3.05) is 17.0 Å². The van der Waals surface area contributed by atoms with Crippen LogP contribution in [0.4, 0.5) is 14.8 Å². The SMILES string of the molecule is CCCS(=O)(=O)Nc1nc(C(=O)N[C@@H](Cc2cc(F)cc(F)c2)[C@@H](O)CNCc2cccc(I)c2)co1. The standard InChI is InChI=1S/C24H27F2IN4O5S/c1-2-6-37(34,35)31-24-30-21(14-36-24)23(33)29-20(10-16-7-17(25)11-18(26)8-16)22(32)13-28-12-15-4-3-5-19(27)9-15/h3-5,7-9,11,14,20,22,28,32H,2,6,10,12-13H2,1H3,(H,29,33)(H,30,31)/t20-,22-/m0/s1. The molecule has 200 valence electrons. The molecule has 0 radical (unpaired) electrons. The number of sulfonamides is 1. The van der Waals surface area contributed by atoms with Crippen molar-refractivity contribution in [1.29, 1.82) is 0 Å². The van der Waals surface area contributed by atoms with Gasteiger partial charge in [0.2, 0.25) is 10.0 Å². The van der Waals surface area contributed by atoms with Gasteiger partial charge >= 0.3 is 6.01 Å². The summed E-state index contributed by atoms with van der Waals surface area (Å²) in [4.78, 5) is 16.7. The first-order valence-electron chi connectivity index (χ1n) is 11.4. The highest BCUT2D eigenvalue weighted by molar-refractivity contribution is 14.1. The van der Waals surface area contributed by atoms with E-state index in [1.807, 2.05) is 24.3 Å². The number of amides is 1. The number of carbonyl (C=O) groups excluding carboxylic acids is 1. The zero-order valence-corrected chi connectivity index (χ0v) is 22.9. The number of nitrogens with zero attached hydrogens (tertiary/aromatic N) is 1. The molecule has 9 nitrogen and oxygen atoms in total. The highest BCUT2D eigenvalue weighted by atomic mass is 127. The van der Waals surface area contributed by atoms with Crippen LogP contribution in [0.15, 0.2) is 53.1 Å². The minimum atomic E-state index is -3.68. The fourth-order valence-electron chi connectivity index (χ4n) is 3.54. The lowest BCUT2D eigenvalue weighted by molar-refractivity contribution is 0.0825. The number of nitrogens with one attached hydrogen (secondary N) is 3. The molecule has 1 heterocycles. The highest BCUT2D eigenvalue weighted by Crippen LogP contribution is 2.14. The van der Waals surface area contributed by atoms with Gasteiger partial charge in [0.05, 0.1) is 17.9 Å². The Balaban J connectivity index is 1.71. The molecule has 2 atom stereocenters. The van der Waals surface area contributed by atoms with Gasteiger partial charge in [-0.05, 0) is 70.8 Å². The van der Waals surface area contributed by atoms with Gasteiger partial charge in [-0.15, -0.1) is 0 Å². The average Bonchev–Trinajstić information content (AvgIpc) is 3.25. The van der Waals surface area contributed by atoms with Crippen molar-refractivity contribution in [3.8, 4) is 0 Å². The Labute approximate surface area is 227 Å². The van der Waals surface area contributed by atoms with Gasteiger partial charge in [0.1, 0.15) is 17.9 Å². The van der Waals surface area contributed by atoms with E-state index in [-0.39, 0.29) is 36.0 Å². The first kappa shape index (κ1) is 28.9. The summed E-state index contributed by atoms with van der Waals surface area (Å²) >= 11 is 2.19. The average molecular weight is 648 g/mol. The van der Waals surface area contributed by atoms with Gasteiger partial charge in [0, 0.05) is 22.7 Å². The number of aliphatic hydroxyl groups is 1. The number of hydrogen-bond donors (Lipinski definition) is 4. The monoisotopic (exact) mass is 648 g/mol. The van der Waals surface area contributed by atoms with Gasteiger partial charge in [-0.25, -0.2) is 21.9 Å². The van der Waals surface area contributed by atoms with Crippen molar-refractivity contribution in [3.05, 3.63) is 80.8 Å². The Hall–Kier alpha value is -2.62. The number of carbonyl (C=O) groups is 1. The summed E-state index contributed by atoms with van der Waals surface area (Å²) < 4.78 is 59.6. The van der Waals surface area contributed by atoms with Crippen LogP contribution in [0, 0.1) is 15.2 Å². The molecule has 0 fully saturated rings. The predicted molar refractivity (Wildman–Crippen MR) is 142 cm³/mol. The molecule has 0 bridgehead atoms. The maximum Gasteiger partial charge on any atom is 0.309 e. The molecular weight excluding hydrogens is 621 g/mol. The minimum Gasteiger partial charge on any atom is -0.431 e. The van der Waals surface area contributed by atoms with E-state index < -0.39 is 39.7 Å². The van der Waals surface area contributed by atoms with Crippen LogP contribution in [0.25, 0.3) is 0 Å². The second-order valence-electron chi connectivity index (χ2n) is 8.35. The van der Waals surface area contributed by atoms with Crippen molar-refractivity contribution in [3.63, 3.8) is 0 Å². The largest absolute Gasteiger partial charge is 0.431 e. The van der Waals surface area contributed by atoms with Gasteiger partial charge in [0.15, 0.2) is 5.69 Å². The first-order valence-corrected chi connectivity index (χ1v) is 14.1. The number of aliphatic hydroxyl groups excluding tert-OH is 1. The molecular formula is C24H27F2IN4O5S. The number of oxazole rings is 1. The molecule has 2 aromatic carbocycles. The van der Waals surface area contributed by atoms with E-state index >= 15 is 0 Å². The molecule has 13 heteroatoms. The molecule has 3 rings (SSSR count). The Kier molecular flexibility index (Phi) is 10.4. The van der Waals surface area contributed by atoms with Gasteiger partial charge in [0.25, 0.3) is 5.91 Å². The molecule has 37 heavy (non-hydrogen) atoms. The zero-order chi connectivity index (χ0) is 27.0. The lowest BCUT2D eigenvalue weighted by Crippen LogP contribution is -2.48. The fraction of sp³-hybridized carbons (Fsp3) is 0.333. The summed E-state index contributed by atoms with van der Waals surface area (Å²) in [6, 6.07) is 9.38. The van der Waals surface area contributed by atoms with Crippen LogP contribution in [0.1, 0.15) is 35.0 Å². The summed E-state index contributed by atoms with van der Waals surface area (Å²) in [6.45, 7) is 2.21. The molecule has 0 unspecified atom stereocenters. The molecule has 0 saturated heterocycles. The van der Waals surface area contributed by atoms with Gasteiger partial charge < -0.3 is 20.2 Å².